The Balaban J connectivity index is 1.77. The van der Waals surface area contributed by atoms with E-state index in [-0.39, 0.29) is 6.10 Å². The maximum absolute atomic E-state index is 10.9. The normalized spacial score (nSPS) is 22.2. The summed E-state index contributed by atoms with van der Waals surface area (Å²) in [6.45, 7) is 0.680. The second-order valence-corrected chi connectivity index (χ2v) is 5.06. The molecule has 0 radical (unpaired) electrons. The number of hydrogen-bond acceptors (Lipinski definition) is 3. The fraction of sp³-hybridized carbons (Fsp3) is 0.400. The van der Waals surface area contributed by atoms with Gasteiger partial charge in [-0.2, -0.15) is 0 Å². The zero-order valence-electron chi connectivity index (χ0n) is 11.3. The maximum Gasteiger partial charge on any atom is 0.332 e. The van der Waals surface area contributed by atoms with Crippen LogP contribution in [0.3, 0.4) is 0 Å². The molecule has 3 rings (SSSR count). The minimum absolute atomic E-state index is 0.0335. The molecule has 5 nitrogen and oxygen atoms in total. The lowest BCUT2D eigenvalue weighted by atomic mass is 10.2. The van der Waals surface area contributed by atoms with E-state index in [9.17, 15) is 4.79 Å². The van der Waals surface area contributed by atoms with Gasteiger partial charge in [0.25, 0.3) is 0 Å². The van der Waals surface area contributed by atoms with Crippen LogP contribution in [0.4, 0.5) is 0 Å². The summed E-state index contributed by atoms with van der Waals surface area (Å²) in [6.07, 6.45) is 2.69. The summed E-state index contributed by atoms with van der Waals surface area (Å²) in [4.78, 5) is 10.9. The van der Waals surface area contributed by atoms with Crippen molar-refractivity contribution in [3.63, 3.8) is 0 Å². The number of rotatable bonds is 4. The van der Waals surface area contributed by atoms with Crippen LogP contribution in [-0.2, 0) is 16.1 Å². The van der Waals surface area contributed by atoms with Crippen LogP contribution in [0.2, 0.25) is 0 Å². The van der Waals surface area contributed by atoms with Gasteiger partial charge in [0, 0.05) is 23.6 Å². The summed E-state index contributed by atoms with van der Waals surface area (Å²) in [5.41, 5.74) is 1.10. The molecule has 5 heteroatoms. The molecule has 2 aromatic rings. The Morgan fingerprint density at radius 2 is 2.30 bits per heavy atom. The van der Waals surface area contributed by atoms with Crippen LogP contribution >= 0.6 is 0 Å². The molecule has 1 aromatic carbocycles. The standard InChI is InChI=1S/C15H17NO4/c1-19-11-2-4-13-10(8-11)6-7-16(13)9-12-3-5-14(20-12)15(17)18/h2,4,6-8,12,14H,3,5,9H2,1H3,(H,17,18). The quantitative estimate of drug-likeness (QED) is 0.930. The summed E-state index contributed by atoms with van der Waals surface area (Å²) in [5, 5.41) is 10.0. The molecule has 0 aliphatic carbocycles. The van der Waals surface area contributed by atoms with E-state index in [1.807, 2.05) is 30.5 Å². The van der Waals surface area contributed by atoms with Crippen molar-refractivity contribution in [2.45, 2.75) is 31.6 Å². The summed E-state index contributed by atoms with van der Waals surface area (Å²) in [5.74, 6) is -0.0343. The number of aliphatic carboxylic acids is 1. The van der Waals surface area contributed by atoms with Crippen molar-refractivity contribution in [3.8, 4) is 5.75 Å². The second kappa shape index (κ2) is 5.17. The number of aromatic nitrogens is 1. The van der Waals surface area contributed by atoms with Gasteiger partial charge in [-0.15, -0.1) is 0 Å². The Labute approximate surface area is 116 Å². The number of carboxylic acid groups (broad SMARTS) is 1. The SMILES string of the molecule is COc1ccc2c(ccn2CC2CCC(C(=O)O)O2)c1. The summed E-state index contributed by atoms with van der Waals surface area (Å²) < 4.78 is 12.9. The van der Waals surface area contributed by atoms with E-state index in [1.165, 1.54) is 0 Å². The molecule has 106 valence electrons. The number of hydrogen-bond donors (Lipinski definition) is 1. The molecule has 1 aliphatic heterocycles. The topological polar surface area (TPSA) is 60.7 Å². The molecule has 1 saturated heterocycles. The smallest absolute Gasteiger partial charge is 0.332 e. The monoisotopic (exact) mass is 275 g/mol. The predicted octanol–water partition coefficient (Wildman–Crippen LogP) is 2.28. The first kappa shape index (κ1) is 13.0. The molecule has 0 spiro atoms. The van der Waals surface area contributed by atoms with Crippen LogP contribution < -0.4 is 4.74 Å². The lowest BCUT2D eigenvalue weighted by molar-refractivity contribution is -0.149. The molecule has 0 amide bonds. The van der Waals surface area contributed by atoms with Gasteiger partial charge in [0.2, 0.25) is 0 Å². The van der Waals surface area contributed by atoms with Gasteiger partial charge in [-0.1, -0.05) is 0 Å². The summed E-state index contributed by atoms with van der Waals surface area (Å²) in [7, 11) is 1.65. The first-order chi connectivity index (χ1) is 9.67. The van der Waals surface area contributed by atoms with Crippen molar-refractivity contribution in [2.75, 3.05) is 7.11 Å². The number of fused-ring (bicyclic) bond motifs is 1. The predicted molar refractivity (Wildman–Crippen MR) is 74.0 cm³/mol. The lowest BCUT2D eigenvalue weighted by Gasteiger charge is -2.13. The van der Waals surface area contributed by atoms with Gasteiger partial charge in [-0.3, -0.25) is 0 Å². The Morgan fingerprint density at radius 3 is 3.00 bits per heavy atom. The van der Waals surface area contributed by atoms with Crippen LogP contribution in [0.25, 0.3) is 10.9 Å². The largest absolute Gasteiger partial charge is 0.497 e. The van der Waals surface area contributed by atoms with Gasteiger partial charge in [-0.25, -0.2) is 4.79 Å². The second-order valence-electron chi connectivity index (χ2n) is 5.06. The lowest BCUT2D eigenvalue weighted by Crippen LogP contribution is -2.22. The first-order valence-corrected chi connectivity index (χ1v) is 6.68. The number of carboxylic acids is 1. The van der Waals surface area contributed by atoms with E-state index in [0.717, 1.165) is 23.1 Å². The molecule has 2 heterocycles. The Hall–Kier alpha value is -2.01. The molecule has 1 aliphatic rings. The van der Waals surface area contributed by atoms with Gasteiger partial charge in [-0.05, 0) is 37.1 Å². The number of methoxy groups -OCH3 is 1. The van der Waals surface area contributed by atoms with E-state index in [4.69, 9.17) is 14.6 Å². The highest BCUT2D eigenvalue weighted by molar-refractivity contribution is 5.81. The van der Waals surface area contributed by atoms with Crippen molar-refractivity contribution in [3.05, 3.63) is 30.5 Å². The highest BCUT2D eigenvalue weighted by Crippen LogP contribution is 2.25. The van der Waals surface area contributed by atoms with E-state index in [0.29, 0.717) is 13.0 Å². The minimum atomic E-state index is -0.866. The van der Waals surface area contributed by atoms with Crippen LogP contribution in [0, 0.1) is 0 Å². The number of carbonyl (C=O) groups is 1. The Kier molecular flexibility index (Phi) is 3.36. The van der Waals surface area contributed by atoms with Crippen LogP contribution in [0.5, 0.6) is 5.75 Å². The molecule has 20 heavy (non-hydrogen) atoms. The highest BCUT2D eigenvalue weighted by atomic mass is 16.5. The third-order valence-corrected chi connectivity index (χ3v) is 3.76. The molecule has 0 saturated carbocycles. The minimum Gasteiger partial charge on any atom is -0.497 e. The zero-order chi connectivity index (χ0) is 14.1. The molecule has 1 aromatic heterocycles. The fourth-order valence-corrected chi connectivity index (χ4v) is 2.71. The van der Waals surface area contributed by atoms with Crippen molar-refractivity contribution in [2.24, 2.45) is 0 Å². The van der Waals surface area contributed by atoms with Crippen LogP contribution in [0.1, 0.15) is 12.8 Å². The summed E-state index contributed by atoms with van der Waals surface area (Å²) in [6, 6.07) is 7.95. The molecular formula is C15H17NO4. The number of nitrogens with zero attached hydrogens (tertiary/aromatic N) is 1. The number of ether oxygens (including phenoxy) is 2. The molecule has 0 bridgehead atoms. The average Bonchev–Trinajstić information content (AvgIpc) is 3.06. The van der Waals surface area contributed by atoms with Gasteiger partial charge >= 0.3 is 5.97 Å². The Morgan fingerprint density at radius 1 is 1.45 bits per heavy atom. The van der Waals surface area contributed by atoms with Crippen molar-refractivity contribution < 1.29 is 19.4 Å². The molecule has 1 N–H and O–H groups in total. The van der Waals surface area contributed by atoms with Gasteiger partial charge in [0.15, 0.2) is 6.10 Å². The fourth-order valence-electron chi connectivity index (χ4n) is 2.71. The van der Waals surface area contributed by atoms with Crippen molar-refractivity contribution in [1.82, 2.24) is 4.57 Å². The summed E-state index contributed by atoms with van der Waals surface area (Å²) >= 11 is 0. The van der Waals surface area contributed by atoms with Crippen molar-refractivity contribution >= 4 is 16.9 Å². The van der Waals surface area contributed by atoms with Gasteiger partial charge < -0.3 is 19.1 Å². The van der Waals surface area contributed by atoms with Gasteiger partial charge in [0.1, 0.15) is 5.75 Å². The van der Waals surface area contributed by atoms with Crippen molar-refractivity contribution in [1.29, 1.82) is 0 Å². The van der Waals surface area contributed by atoms with E-state index >= 15 is 0 Å². The third-order valence-electron chi connectivity index (χ3n) is 3.76. The number of benzene rings is 1. The molecule has 1 fully saturated rings. The third kappa shape index (κ3) is 2.36. The van der Waals surface area contributed by atoms with E-state index in [1.54, 1.807) is 7.11 Å². The Bertz CT molecular complexity index is 634. The maximum atomic E-state index is 10.9. The molecule has 2 unspecified atom stereocenters. The van der Waals surface area contributed by atoms with Crippen LogP contribution in [-0.4, -0.2) is 35.0 Å². The van der Waals surface area contributed by atoms with E-state index < -0.39 is 12.1 Å². The highest BCUT2D eigenvalue weighted by Gasteiger charge is 2.30. The first-order valence-electron chi connectivity index (χ1n) is 6.68. The van der Waals surface area contributed by atoms with Crippen LogP contribution in [0.15, 0.2) is 30.5 Å². The van der Waals surface area contributed by atoms with E-state index in [2.05, 4.69) is 4.57 Å². The average molecular weight is 275 g/mol. The molecule has 2 atom stereocenters. The van der Waals surface area contributed by atoms with Gasteiger partial charge in [0.05, 0.1) is 13.2 Å². The zero-order valence-corrected chi connectivity index (χ0v) is 11.3. The molecular weight excluding hydrogens is 258 g/mol.